The molecule has 21 heavy (non-hydrogen) atoms. The summed E-state index contributed by atoms with van der Waals surface area (Å²) < 4.78 is 41.3. The molecule has 1 aromatic carbocycles. The molecule has 0 radical (unpaired) electrons. The van der Waals surface area contributed by atoms with Crippen molar-refractivity contribution in [2.24, 2.45) is 7.05 Å². The van der Waals surface area contributed by atoms with Crippen LogP contribution in [0.25, 0.3) is 0 Å². The summed E-state index contributed by atoms with van der Waals surface area (Å²) in [4.78, 5) is -0.133. The van der Waals surface area contributed by atoms with Gasteiger partial charge in [-0.05, 0) is 30.2 Å². The molecule has 0 unspecified atom stereocenters. The van der Waals surface area contributed by atoms with E-state index in [-0.39, 0.29) is 17.0 Å². The Labute approximate surface area is 121 Å². The maximum absolute atomic E-state index is 13.2. The second kappa shape index (κ2) is 6.03. The van der Waals surface area contributed by atoms with Crippen LogP contribution < -0.4 is 4.72 Å². The molecular weight excluding hydrogens is 295 g/mol. The zero-order valence-electron chi connectivity index (χ0n) is 11.2. The fourth-order valence-electron chi connectivity index (χ4n) is 1.77. The Bertz CT molecular complexity index is 793. The van der Waals surface area contributed by atoms with E-state index in [9.17, 15) is 12.8 Å². The van der Waals surface area contributed by atoms with E-state index < -0.39 is 15.8 Å². The highest BCUT2D eigenvalue weighted by atomic mass is 32.2. The summed E-state index contributed by atoms with van der Waals surface area (Å²) in [6, 6.07) is 4.72. The lowest BCUT2D eigenvalue weighted by atomic mass is 10.2. The van der Waals surface area contributed by atoms with Crippen LogP contribution in [0.2, 0.25) is 0 Å². The molecule has 1 aromatic heterocycles. The van der Waals surface area contributed by atoms with Crippen molar-refractivity contribution in [2.75, 3.05) is 6.54 Å². The van der Waals surface area contributed by atoms with Crippen LogP contribution in [0.15, 0.2) is 35.5 Å². The standard InChI is InChI=1S/C13H13FN4O2S/c1-18-9-10(8-16-18)4-5-17-21(19,20)12-2-3-13(14)11(6-12)7-15/h2-3,6,8-9,17H,4-5H2,1H3. The Morgan fingerprint density at radius 2 is 2.24 bits per heavy atom. The van der Waals surface area contributed by atoms with Crippen LogP contribution >= 0.6 is 0 Å². The number of benzene rings is 1. The fourth-order valence-corrected chi connectivity index (χ4v) is 2.83. The molecule has 0 saturated heterocycles. The average Bonchev–Trinajstić information content (AvgIpc) is 2.84. The molecule has 0 amide bonds. The Hall–Kier alpha value is -2.24. The molecule has 8 heteroatoms. The third-order valence-corrected chi connectivity index (χ3v) is 4.29. The van der Waals surface area contributed by atoms with E-state index in [0.29, 0.717) is 6.42 Å². The maximum Gasteiger partial charge on any atom is 0.240 e. The molecule has 2 aromatic rings. The highest BCUT2D eigenvalue weighted by molar-refractivity contribution is 7.89. The van der Waals surface area contributed by atoms with Gasteiger partial charge in [0.1, 0.15) is 11.9 Å². The molecule has 110 valence electrons. The topological polar surface area (TPSA) is 87.8 Å². The second-order valence-electron chi connectivity index (χ2n) is 4.42. The summed E-state index contributed by atoms with van der Waals surface area (Å²) >= 11 is 0. The Balaban J connectivity index is 2.06. The van der Waals surface area contributed by atoms with Crippen molar-refractivity contribution >= 4 is 10.0 Å². The first-order chi connectivity index (χ1) is 9.92. The Morgan fingerprint density at radius 1 is 1.48 bits per heavy atom. The monoisotopic (exact) mass is 308 g/mol. The van der Waals surface area contributed by atoms with Gasteiger partial charge < -0.3 is 0 Å². The van der Waals surface area contributed by atoms with Gasteiger partial charge in [-0.3, -0.25) is 4.68 Å². The van der Waals surface area contributed by atoms with Gasteiger partial charge in [0.15, 0.2) is 0 Å². The van der Waals surface area contributed by atoms with Crippen LogP contribution in [-0.4, -0.2) is 24.7 Å². The highest BCUT2D eigenvalue weighted by Gasteiger charge is 2.15. The number of aromatic nitrogens is 2. The number of hydrogen-bond acceptors (Lipinski definition) is 4. The minimum Gasteiger partial charge on any atom is -0.276 e. The van der Waals surface area contributed by atoms with Gasteiger partial charge >= 0.3 is 0 Å². The van der Waals surface area contributed by atoms with Crippen LogP contribution in [0.3, 0.4) is 0 Å². The van der Waals surface area contributed by atoms with E-state index in [2.05, 4.69) is 9.82 Å². The second-order valence-corrected chi connectivity index (χ2v) is 6.19. The zero-order valence-corrected chi connectivity index (χ0v) is 12.1. The number of aryl methyl sites for hydroxylation is 1. The van der Waals surface area contributed by atoms with Crippen LogP contribution in [0, 0.1) is 17.1 Å². The number of sulfonamides is 1. The highest BCUT2D eigenvalue weighted by Crippen LogP contribution is 2.14. The third-order valence-electron chi connectivity index (χ3n) is 2.83. The molecular formula is C13H13FN4O2S. The van der Waals surface area contributed by atoms with Crippen molar-refractivity contribution in [2.45, 2.75) is 11.3 Å². The van der Waals surface area contributed by atoms with Crippen molar-refractivity contribution in [3.8, 4) is 6.07 Å². The average molecular weight is 308 g/mol. The van der Waals surface area contributed by atoms with E-state index >= 15 is 0 Å². The molecule has 6 nitrogen and oxygen atoms in total. The van der Waals surface area contributed by atoms with Gasteiger partial charge in [0.2, 0.25) is 10.0 Å². The summed E-state index contributed by atoms with van der Waals surface area (Å²) in [5.41, 5.74) is 0.599. The summed E-state index contributed by atoms with van der Waals surface area (Å²) in [5.74, 6) is -0.744. The molecule has 0 aliphatic carbocycles. The van der Waals surface area contributed by atoms with E-state index in [1.165, 1.54) is 0 Å². The van der Waals surface area contributed by atoms with Crippen LogP contribution in [0.5, 0.6) is 0 Å². The molecule has 0 bridgehead atoms. The first-order valence-corrected chi connectivity index (χ1v) is 7.57. The van der Waals surface area contributed by atoms with Crippen molar-refractivity contribution in [1.82, 2.24) is 14.5 Å². The number of nitrogens with zero attached hydrogens (tertiary/aromatic N) is 3. The van der Waals surface area contributed by atoms with E-state index in [1.54, 1.807) is 30.2 Å². The van der Waals surface area contributed by atoms with Gasteiger partial charge in [-0.25, -0.2) is 17.5 Å². The van der Waals surface area contributed by atoms with Crippen molar-refractivity contribution in [3.63, 3.8) is 0 Å². The van der Waals surface area contributed by atoms with E-state index in [4.69, 9.17) is 5.26 Å². The van der Waals surface area contributed by atoms with Gasteiger partial charge in [-0.15, -0.1) is 0 Å². The first kappa shape index (κ1) is 15.2. The van der Waals surface area contributed by atoms with Crippen molar-refractivity contribution in [3.05, 3.63) is 47.5 Å². The summed E-state index contributed by atoms with van der Waals surface area (Å²) in [7, 11) is -1.99. The van der Waals surface area contributed by atoms with Gasteiger partial charge in [-0.1, -0.05) is 0 Å². The third kappa shape index (κ3) is 3.65. The quantitative estimate of drug-likeness (QED) is 0.891. The largest absolute Gasteiger partial charge is 0.276 e. The maximum atomic E-state index is 13.2. The van der Waals surface area contributed by atoms with Gasteiger partial charge in [0.05, 0.1) is 16.7 Å². The Morgan fingerprint density at radius 3 is 2.86 bits per heavy atom. The SMILES string of the molecule is Cn1cc(CCNS(=O)(=O)c2ccc(F)c(C#N)c2)cn1. The lowest BCUT2D eigenvalue weighted by Crippen LogP contribution is -2.26. The van der Waals surface area contributed by atoms with Crippen LogP contribution in [0.1, 0.15) is 11.1 Å². The number of halogens is 1. The summed E-state index contributed by atoms with van der Waals surface area (Å²) in [6.07, 6.45) is 3.93. The molecule has 1 N–H and O–H groups in total. The first-order valence-electron chi connectivity index (χ1n) is 6.09. The molecule has 0 aliphatic heterocycles. The lowest BCUT2D eigenvalue weighted by Gasteiger charge is -2.06. The number of hydrogen-bond donors (Lipinski definition) is 1. The van der Waals surface area contributed by atoms with Crippen molar-refractivity contribution in [1.29, 1.82) is 5.26 Å². The van der Waals surface area contributed by atoms with Gasteiger partial charge in [-0.2, -0.15) is 10.4 Å². The molecule has 1 heterocycles. The zero-order chi connectivity index (χ0) is 15.5. The van der Waals surface area contributed by atoms with E-state index in [1.807, 2.05) is 0 Å². The van der Waals surface area contributed by atoms with Gasteiger partial charge in [0, 0.05) is 19.8 Å². The molecule has 0 saturated carbocycles. The normalized spacial score (nSPS) is 11.3. The minimum absolute atomic E-state index is 0.133. The molecule has 0 spiro atoms. The fraction of sp³-hybridized carbons (Fsp3) is 0.231. The van der Waals surface area contributed by atoms with Crippen LogP contribution in [0.4, 0.5) is 4.39 Å². The molecule has 0 aliphatic rings. The molecule has 0 fully saturated rings. The number of nitriles is 1. The number of nitrogens with one attached hydrogen (secondary N) is 1. The van der Waals surface area contributed by atoms with Crippen LogP contribution in [-0.2, 0) is 23.5 Å². The molecule has 0 atom stereocenters. The smallest absolute Gasteiger partial charge is 0.240 e. The predicted octanol–water partition coefficient (Wildman–Crippen LogP) is 0.952. The lowest BCUT2D eigenvalue weighted by molar-refractivity contribution is 0.580. The Kier molecular flexibility index (Phi) is 4.35. The molecule has 2 rings (SSSR count). The van der Waals surface area contributed by atoms with E-state index in [0.717, 1.165) is 23.8 Å². The minimum atomic E-state index is -3.77. The predicted molar refractivity (Wildman–Crippen MR) is 73.2 cm³/mol. The number of rotatable bonds is 5. The van der Waals surface area contributed by atoms with Gasteiger partial charge in [0.25, 0.3) is 0 Å². The summed E-state index contributed by atoms with van der Waals surface area (Å²) in [5, 5.41) is 12.7. The summed E-state index contributed by atoms with van der Waals surface area (Å²) in [6.45, 7) is 0.188. The van der Waals surface area contributed by atoms with Crippen molar-refractivity contribution < 1.29 is 12.8 Å².